The van der Waals surface area contributed by atoms with E-state index in [1.165, 1.54) is 321 Å². The smallest absolute Gasteiger partial charge is 0.249 e. The number of carbonyl (C=O) groups is 1. The molecule has 0 saturated heterocycles. The molecule has 458 valence electrons. The highest BCUT2D eigenvalue weighted by atomic mass is 16.3. The maximum atomic E-state index is 12.7. The van der Waals surface area contributed by atoms with E-state index < -0.39 is 36.9 Å². The molecule has 0 heterocycles. The molecule has 0 aromatic rings. The van der Waals surface area contributed by atoms with Crippen LogP contribution in [0.1, 0.15) is 393 Å². The summed E-state index contributed by atoms with van der Waals surface area (Å²) in [4.78, 5) is 12.7. The highest BCUT2D eigenvalue weighted by Crippen LogP contribution is 2.20. The van der Waals surface area contributed by atoms with Gasteiger partial charge in [-0.05, 0) is 51.4 Å². The number of aliphatic hydroxyl groups is 4. The van der Waals surface area contributed by atoms with E-state index in [9.17, 15) is 25.2 Å². The van der Waals surface area contributed by atoms with E-state index in [1.807, 2.05) is 0 Å². The number of allylic oxidation sites excluding steroid dienone is 4. The summed E-state index contributed by atoms with van der Waals surface area (Å²) in [6, 6.07) is -1.01. The van der Waals surface area contributed by atoms with Gasteiger partial charge in [0, 0.05) is 0 Å². The third-order valence-corrected chi connectivity index (χ3v) is 16.9. The monoisotopic (exact) mass is 1090 g/mol. The molecule has 0 aromatic carbocycles. The first kappa shape index (κ1) is 75.8. The van der Waals surface area contributed by atoms with Gasteiger partial charge >= 0.3 is 0 Å². The number of nitrogens with one attached hydrogen (secondary N) is 1. The molecule has 4 unspecified atom stereocenters. The number of aliphatic hydroxyl groups excluding tert-OH is 4. The second kappa shape index (κ2) is 65.6. The topological polar surface area (TPSA) is 110 Å². The lowest BCUT2D eigenvalue weighted by Gasteiger charge is -2.27. The summed E-state index contributed by atoms with van der Waals surface area (Å²) in [5.74, 6) is -0.589. The van der Waals surface area contributed by atoms with Crippen LogP contribution in [0.25, 0.3) is 0 Å². The van der Waals surface area contributed by atoms with Gasteiger partial charge < -0.3 is 25.7 Å². The molecule has 0 radical (unpaired) electrons. The Morgan fingerprint density at radius 2 is 0.545 bits per heavy atom. The van der Waals surface area contributed by atoms with Crippen molar-refractivity contribution in [2.24, 2.45) is 0 Å². The van der Waals surface area contributed by atoms with E-state index in [1.54, 1.807) is 0 Å². The molecule has 0 aromatic heterocycles. The van der Waals surface area contributed by atoms with Crippen LogP contribution in [0.5, 0.6) is 0 Å². The third kappa shape index (κ3) is 59.2. The quantitative estimate of drug-likeness (QED) is 0.0308. The molecule has 0 saturated carbocycles. The van der Waals surface area contributed by atoms with E-state index in [0.29, 0.717) is 19.3 Å². The Bertz CT molecular complexity index is 1170. The summed E-state index contributed by atoms with van der Waals surface area (Å²) in [5.41, 5.74) is 0. The van der Waals surface area contributed by atoms with Crippen molar-refractivity contribution in [2.45, 2.75) is 417 Å². The van der Waals surface area contributed by atoms with Crippen LogP contribution in [-0.4, -0.2) is 57.3 Å². The van der Waals surface area contributed by atoms with E-state index in [0.717, 1.165) is 38.5 Å². The maximum Gasteiger partial charge on any atom is 0.249 e. The van der Waals surface area contributed by atoms with E-state index in [2.05, 4.69) is 43.5 Å². The summed E-state index contributed by atoms with van der Waals surface area (Å²) in [6.07, 6.45) is 83.2. The van der Waals surface area contributed by atoms with Gasteiger partial charge in [0.05, 0.1) is 18.8 Å². The van der Waals surface area contributed by atoms with Crippen LogP contribution >= 0.6 is 0 Å². The summed E-state index contributed by atoms with van der Waals surface area (Å²) in [5, 5.41) is 44.2. The van der Waals surface area contributed by atoms with Crippen LogP contribution in [0.15, 0.2) is 24.3 Å². The minimum atomic E-state index is -1.29. The lowest BCUT2D eigenvalue weighted by molar-refractivity contribution is -0.132. The molecular weight excluding hydrogens is 947 g/mol. The second-order valence-electron chi connectivity index (χ2n) is 24.6. The summed E-state index contributed by atoms with van der Waals surface area (Å²) in [6.45, 7) is 4.10. The molecule has 0 aliphatic carbocycles. The summed E-state index contributed by atoms with van der Waals surface area (Å²) < 4.78 is 0. The SMILES string of the molecule is CCCCCCCCCCCCCCCCCC/C=C/CC/C=C/CCCC(O)C(O)C(CO)NC(=O)C(O)CCCCCCCCCCCCCCCCCCCCCCCCCCCCCCCCCCCCCC. The van der Waals surface area contributed by atoms with Crippen molar-refractivity contribution in [3.8, 4) is 0 Å². The van der Waals surface area contributed by atoms with Crippen molar-refractivity contribution in [1.82, 2.24) is 5.32 Å². The number of rotatable bonds is 66. The van der Waals surface area contributed by atoms with E-state index in [-0.39, 0.29) is 0 Å². The lowest BCUT2D eigenvalue weighted by Crippen LogP contribution is -2.53. The Morgan fingerprint density at radius 1 is 0.312 bits per heavy atom. The van der Waals surface area contributed by atoms with Crippen LogP contribution < -0.4 is 5.32 Å². The Morgan fingerprint density at radius 3 is 0.818 bits per heavy atom. The Hall–Kier alpha value is -1.21. The normalized spacial score (nSPS) is 13.6. The van der Waals surface area contributed by atoms with Gasteiger partial charge in [-0.3, -0.25) is 4.79 Å². The van der Waals surface area contributed by atoms with Gasteiger partial charge in [0.25, 0.3) is 0 Å². The van der Waals surface area contributed by atoms with Crippen LogP contribution in [0.4, 0.5) is 0 Å². The van der Waals surface area contributed by atoms with E-state index in [4.69, 9.17) is 0 Å². The first-order valence-corrected chi connectivity index (χ1v) is 35.2. The second-order valence-corrected chi connectivity index (χ2v) is 24.6. The maximum absolute atomic E-state index is 12.7. The molecule has 77 heavy (non-hydrogen) atoms. The molecule has 0 aliphatic rings. The predicted molar refractivity (Wildman–Crippen MR) is 339 cm³/mol. The molecule has 0 fully saturated rings. The predicted octanol–water partition coefficient (Wildman–Crippen LogP) is 21.7. The van der Waals surface area contributed by atoms with E-state index >= 15 is 0 Å². The van der Waals surface area contributed by atoms with Crippen molar-refractivity contribution < 1.29 is 25.2 Å². The van der Waals surface area contributed by atoms with Gasteiger partial charge in [-0.25, -0.2) is 0 Å². The Kier molecular flexibility index (Phi) is 64.6. The van der Waals surface area contributed by atoms with Crippen LogP contribution in [0.2, 0.25) is 0 Å². The molecule has 6 nitrogen and oxygen atoms in total. The molecule has 0 bridgehead atoms. The highest BCUT2D eigenvalue weighted by Gasteiger charge is 2.28. The van der Waals surface area contributed by atoms with Gasteiger partial charge in [-0.1, -0.05) is 366 Å². The Labute approximate surface area is 482 Å². The van der Waals surface area contributed by atoms with Gasteiger partial charge in [0.2, 0.25) is 5.91 Å². The summed E-state index contributed by atoms with van der Waals surface area (Å²) in [7, 11) is 0. The molecule has 1 amide bonds. The van der Waals surface area contributed by atoms with Crippen molar-refractivity contribution in [1.29, 1.82) is 0 Å². The summed E-state index contributed by atoms with van der Waals surface area (Å²) >= 11 is 0. The molecule has 0 rings (SSSR count). The minimum Gasteiger partial charge on any atom is -0.394 e. The van der Waals surface area contributed by atoms with Crippen LogP contribution in [0.3, 0.4) is 0 Å². The highest BCUT2D eigenvalue weighted by molar-refractivity contribution is 5.80. The molecule has 0 aliphatic heterocycles. The first-order chi connectivity index (χ1) is 38.0. The van der Waals surface area contributed by atoms with Crippen molar-refractivity contribution in [3.63, 3.8) is 0 Å². The number of unbranched alkanes of at least 4 members (excludes halogenated alkanes) is 53. The van der Waals surface area contributed by atoms with Crippen molar-refractivity contribution in [3.05, 3.63) is 24.3 Å². The third-order valence-electron chi connectivity index (χ3n) is 16.9. The zero-order chi connectivity index (χ0) is 55.8. The van der Waals surface area contributed by atoms with Crippen molar-refractivity contribution in [2.75, 3.05) is 6.61 Å². The van der Waals surface area contributed by atoms with Gasteiger partial charge in [0.15, 0.2) is 0 Å². The number of hydrogen-bond acceptors (Lipinski definition) is 5. The Balaban J connectivity index is 3.54. The fraction of sp³-hybridized carbons (Fsp3) is 0.930. The van der Waals surface area contributed by atoms with Gasteiger partial charge in [-0.15, -0.1) is 0 Å². The largest absolute Gasteiger partial charge is 0.394 e. The zero-order valence-corrected chi connectivity index (χ0v) is 52.2. The van der Waals surface area contributed by atoms with Crippen LogP contribution in [-0.2, 0) is 4.79 Å². The fourth-order valence-corrected chi connectivity index (χ4v) is 11.4. The van der Waals surface area contributed by atoms with Crippen LogP contribution in [0, 0.1) is 0 Å². The molecule has 4 atom stereocenters. The number of amides is 1. The molecule has 5 N–H and O–H groups in total. The number of carbonyl (C=O) groups excluding carboxylic acids is 1. The van der Waals surface area contributed by atoms with Crippen molar-refractivity contribution >= 4 is 5.91 Å². The first-order valence-electron chi connectivity index (χ1n) is 35.2. The average molecular weight is 1090 g/mol. The standard InChI is InChI=1S/C71H139NO5/c1-3-5-7-9-11-13-15-17-19-21-23-25-27-29-30-31-32-33-34-35-36-37-38-39-41-43-45-47-49-51-53-55-57-59-61-63-65-69(75)71(77)72-67(66-73)70(76)68(74)64-62-60-58-56-54-52-50-48-46-44-42-40-28-26-24-22-20-18-16-14-12-10-8-6-4-2/h48,50,56,58,67-70,73-76H,3-47,49,51-55,57,59-66H2,1-2H3,(H,72,77)/b50-48+,58-56+. The fourth-order valence-electron chi connectivity index (χ4n) is 11.4. The van der Waals surface area contributed by atoms with Gasteiger partial charge in [-0.2, -0.15) is 0 Å². The average Bonchev–Trinajstić information content (AvgIpc) is 3.43. The zero-order valence-electron chi connectivity index (χ0n) is 52.2. The van der Waals surface area contributed by atoms with Gasteiger partial charge in [0.1, 0.15) is 12.2 Å². The molecular formula is C71H139NO5. The lowest BCUT2D eigenvalue weighted by atomic mass is 10.00. The number of hydrogen-bond donors (Lipinski definition) is 5. The molecule has 0 spiro atoms. The minimum absolute atomic E-state index is 0.365. The molecule has 6 heteroatoms.